The topological polar surface area (TPSA) is 61.3 Å². The third-order valence-electron chi connectivity index (χ3n) is 4.82. The number of carbonyl (C=O) groups excluding carboxylic acids is 1. The van der Waals surface area contributed by atoms with Crippen molar-refractivity contribution in [2.24, 2.45) is 0 Å². The van der Waals surface area contributed by atoms with E-state index in [0.29, 0.717) is 29.3 Å². The van der Waals surface area contributed by atoms with Crippen LogP contribution in [0.4, 0.5) is 0 Å². The van der Waals surface area contributed by atoms with Crippen LogP contribution in [0.15, 0.2) is 60.8 Å². The summed E-state index contributed by atoms with van der Waals surface area (Å²) in [5.41, 5.74) is 4.43. The molecule has 0 radical (unpaired) electrons. The molecule has 0 amide bonds. The van der Waals surface area contributed by atoms with Crippen LogP contribution < -0.4 is 14.8 Å². The van der Waals surface area contributed by atoms with Crippen LogP contribution in [0.3, 0.4) is 0 Å². The number of rotatable bonds is 6. The molecule has 30 heavy (non-hydrogen) atoms. The zero-order chi connectivity index (χ0) is 21.1. The average molecular weight is 416 g/mol. The van der Waals surface area contributed by atoms with Crippen LogP contribution in [0.25, 0.3) is 33.4 Å². The zero-order valence-electron chi connectivity index (χ0n) is 16.8. The second kappa shape index (κ2) is 8.60. The standard InChI is InChI=1S/C24H21N2O3P/c1-3-29-17-6-4-15(5-7-17)20-13-25-22(12-24(20)28-2)23-10-16(14-27)19-11-18(30)8-9-21(19)26-23/h4-14H,3,30H2,1-2H3. The largest absolute Gasteiger partial charge is 0.496 e. The summed E-state index contributed by atoms with van der Waals surface area (Å²) in [6, 6.07) is 17.2. The number of fused-ring (bicyclic) bond motifs is 1. The molecule has 0 aliphatic heterocycles. The van der Waals surface area contributed by atoms with Gasteiger partial charge in [-0.05, 0) is 48.1 Å². The molecule has 5 nitrogen and oxygen atoms in total. The van der Waals surface area contributed by atoms with Crippen molar-refractivity contribution in [3.63, 3.8) is 0 Å². The van der Waals surface area contributed by atoms with E-state index in [2.05, 4.69) is 14.2 Å². The Labute approximate surface area is 177 Å². The van der Waals surface area contributed by atoms with Crippen molar-refractivity contribution in [3.8, 4) is 34.0 Å². The van der Waals surface area contributed by atoms with Gasteiger partial charge in [0.1, 0.15) is 11.5 Å². The summed E-state index contributed by atoms with van der Waals surface area (Å²) >= 11 is 0. The molecule has 150 valence electrons. The lowest BCUT2D eigenvalue weighted by Gasteiger charge is -2.12. The lowest BCUT2D eigenvalue weighted by Crippen LogP contribution is -1.98. The maximum atomic E-state index is 11.7. The molecule has 0 saturated heterocycles. The molecule has 4 aromatic rings. The molecular formula is C24H21N2O3P. The summed E-state index contributed by atoms with van der Waals surface area (Å²) in [6.07, 6.45) is 2.62. The van der Waals surface area contributed by atoms with E-state index in [1.165, 1.54) is 0 Å². The number of ether oxygens (including phenoxy) is 2. The summed E-state index contributed by atoms with van der Waals surface area (Å²) in [5, 5.41) is 1.82. The van der Waals surface area contributed by atoms with Gasteiger partial charge in [-0.1, -0.05) is 18.2 Å². The van der Waals surface area contributed by atoms with E-state index in [9.17, 15) is 4.79 Å². The van der Waals surface area contributed by atoms with Gasteiger partial charge in [0.2, 0.25) is 0 Å². The monoisotopic (exact) mass is 416 g/mol. The van der Waals surface area contributed by atoms with E-state index in [-0.39, 0.29) is 0 Å². The molecular weight excluding hydrogens is 395 g/mol. The Bertz CT molecular complexity index is 1220. The average Bonchev–Trinajstić information content (AvgIpc) is 2.78. The van der Waals surface area contributed by atoms with E-state index in [0.717, 1.165) is 39.4 Å². The fraction of sp³-hybridized carbons (Fsp3) is 0.125. The van der Waals surface area contributed by atoms with Gasteiger partial charge in [0, 0.05) is 28.8 Å². The summed E-state index contributed by atoms with van der Waals surface area (Å²) in [7, 11) is 4.26. The van der Waals surface area contributed by atoms with Gasteiger partial charge in [-0.3, -0.25) is 9.78 Å². The van der Waals surface area contributed by atoms with Gasteiger partial charge in [0.05, 0.1) is 30.6 Å². The quantitative estimate of drug-likeness (QED) is 0.337. The molecule has 0 saturated carbocycles. The Morgan fingerprint density at radius 2 is 1.83 bits per heavy atom. The highest BCUT2D eigenvalue weighted by atomic mass is 31.0. The van der Waals surface area contributed by atoms with Crippen LogP contribution in [0.1, 0.15) is 17.3 Å². The normalized spacial score (nSPS) is 10.8. The van der Waals surface area contributed by atoms with Gasteiger partial charge in [-0.2, -0.15) is 0 Å². The van der Waals surface area contributed by atoms with E-state index in [4.69, 9.17) is 14.5 Å². The van der Waals surface area contributed by atoms with Gasteiger partial charge in [0.15, 0.2) is 6.29 Å². The van der Waals surface area contributed by atoms with Crippen molar-refractivity contribution in [1.82, 2.24) is 9.97 Å². The molecule has 4 rings (SSSR count). The molecule has 0 spiro atoms. The van der Waals surface area contributed by atoms with Crippen molar-refractivity contribution in [2.75, 3.05) is 13.7 Å². The number of carbonyl (C=O) groups is 1. The highest BCUT2D eigenvalue weighted by Crippen LogP contribution is 2.33. The number of pyridine rings is 2. The SMILES string of the molecule is CCOc1ccc(-c2cnc(-c3cc(C=O)c4cc(P)ccc4n3)cc2OC)cc1. The predicted molar refractivity (Wildman–Crippen MR) is 123 cm³/mol. The molecule has 0 aliphatic rings. The lowest BCUT2D eigenvalue weighted by molar-refractivity contribution is 0.112. The Balaban J connectivity index is 1.77. The summed E-state index contributed by atoms with van der Waals surface area (Å²) in [5.74, 6) is 1.50. The highest BCUT2D eigenvalue weighted by Gasteiger charge is 2.13. The predicted octanol–water partition coefficient (Wildman–Crippen LogP) is 4.68. The smallest absolute Gasteiger partial charge is 0.150 e. The van der Waals surface area contributed by atoms with Crippen LogP contribution in [-0.4, -0.2) is 30.0 Å². The molecule has 0 fully saturated rings. The van der Waals surface area contributed by atoms with Gasteiger partial charge >= 0.3 is 0 Å². The van der Waals surface area contributed by atoms with E-state index >= 15 is 0 Å². The maximum Gasteiger partial charge on any atom is 0.150 e. The second-order valence-electron chi connectivity index (χ2n) is 6.72. The Morgan fingerprint density at radius 1 is 1.03 bits per heavy atom. The number of hydrogen-bond donors (Lipinski definition) is 0. The van der Waals surface area contributed by atoms with Gasteiger partial charge < -0.3 is 9.47 Å². The summed E-state index contributed by atoms with van der Waals surface area (Å²) < 4.78 is 11.1. The molecule has 0 bridgehead atoms. The molecule has 0 N–H and O–H groups in total. The van der Waals surface area contributed by atoms with Gasteiger partial charge in [-0.15, -0.1) is 9.24 Å². The van der Waals surface area contributed by atoms with E-state index < -0.39 is 0 Å². The zero-order valence-corrected chi connectivity index (χ0v) is 17.9. The fourth-order valence-electron chi connectivity index (χ4n) is 3.36. The third kappa shape index (κ3) is 3.89. The minimum absolute atomic E-state index is 0.579. The molecule has 1 unspecified atom stereocenters. The minimum atomic E-state index is 0.579. The van der Waals surface area contributed by atoms with Gasteiger partial charge in [-0.25, -0.2) is 4.98 Å². The van der Waals surface area contributed by atoms with E-state index in [1.807, 2.05) is 55.5 Å². The van der Waals surface area contributed by atoms with Crippen LogP contribution in [0, 0.1) is 0 Å². The van der Waals surface area contributed by atoms with Crippen molar-refractivity contribution in [3.05, 3.63) is 66.4 Å². The molecule has 0 aliphatic carbocycles. The van der Waals surface area contributed by atoms with Crippen LogP contribution in [0.5, 0.6) is 11.5 Å². The number of aldehydes is 1. The number of nitrogens with zero attached hydrogens (tertiary/aromatic N) is 2. The Kier molecular flexibility index (Phi) is 5.73. The third-order valence-corrected chi connectivity index (χ3v) is 5.18. The van der Waals surface area contributed by atoms with Crippen molar-refractivity contribution >= 4 is 31.7 Å². The highest BCUT2D eigenvalue weighted by molar-refractivity contribution is 7.27. The first kappa shape index (κ1) is 20.0. The van der Waals surface area contributed by atoms with Crippen LogP contribution in [-0.2, 0) is 0 Å². The van der Waals surface area contributed by atoms with Crippen molar-refractivity contribution in [1.29, 1.82) is 0 Å². The number of benzene rings is 2. The van der Waals surface area contributed by atoms with E-state index in [1.54, 1.807) is 19.4 Å². The maximum absolute atomic E-state index is 11.7. The summed E-state index contributed by atoms with van der Waals surface area (Å²) in [4.78, 5) is 21.0. The van der Waals surface area contributed by atoms with Crippen LogP contribution in [0.2, 0.25) is 0 Å². The first-order chi connectivity index (χ1) is 14.6. The first-order valence-electron chi connectivity index (χ1n) is 9.56. The molecule has 2 aromatic heterocycles. The molecule has 2 heterocycles. The number of methoxy groups -OCH3 is 1. The lowest BCUT2D eigenvalue weighted by atomic mass is 10.0. The Morgan fingerprint density at radius 3 is 2.53 bits per heavy atom. The second-order valence-corrected chi connectivity index (χ2v) is 7.39. The first-order valence-corrected chi connectivity index (χ1v) is 10.1. The van der Waals surface area contributed by atoms with Crippen molar-refractivity contribution < 1.29 is 14.3 Å². The fourth-order valence-corrected chi connectivity index (χ4v) is 3.62. The van der Waals surface area contributed by atoms with Crippen molar-refractivity contribution in [2.45, 2.75) is 6.92 Å². The summed E-state index contributed by atoms with van der Waals surface area (Å²) in [6.45, 7) is 2.58. The minimum Gasteiger partial charge on any atom is -0.496 e. The van der Waals surface area contributed by atoms with Gasteiger partial charge in [0.25, 0.3) is 0 Å². The molecule has 2 aromatic carbocycles. The Hall–Kier alpha value is -3.30. The molecule has 6 heteroatoms. The number of aromatic nitrogens is 2. The van der Waals surface area contributed by atoms with Crippen LogP contribution >= 0.6 is 9.24 Å². The molecule has 1 atom stereocenters. The number of hydrogen-bond acceptors (Lipinski definition) is 5.